The first kappa shape index (κ1) is 14.8. The van der Waals surface area contributed by atoms with E-state index >= 15 is 0 Å². The highest BCUT2D eigenvalue weighted by Gasteiger charge is 2.68. The van der Waals surface area contributed by atoms with Crippen molar-refractivity contribution in [3.63, 3.8) is 0 Å². The molecule has 19 heavy (non-hydrogen) atoms. The van der Waals surface area contributed by atoms with Crippen LogP contribution in [0.5, 0.6) is 0 Å². The van der Waals surface area contributed by atoms with Gasteiger partial charge in [-0.1, -0.05) is 40.4 Å². The Hall–Kier alpha value is -0.573. The molecule has 4 unspecified atom stereocenters. The van der Waals surface area contributed by atoms with Crippen molar-refractivity contribution >= 4 is 14.8 Å². The van der Waals surface area contributed by atoms with E-state index in [1.165, 1.54) is 25.3 Å². The van der Waals surface area contributed by atoms with Gasteiger partial charge in [0.05, 0.1) is 14.5 Å². The average Bonchev–Trinajstić information content (AvgIpc) is 2.35. The molecule has 107 valence electrons. The number of carbonyl (C=O) groups is 1. The summed E-state index contributed by atoms with van der Waals surface area (Å²) in [6.45, 7) is 15.2. The molecule has 3 rings (SSSR count). The van der Waals surface area contributed by atoms with Gasteiger partial charge in [-0.05, 0) is 36.5 Å². The smallest absolute Gasteiger partial charge is 0.330 e. The monoisotopic (exact) mass is 279 g/mol. The summed E-state index contributed by atoms with van der Waals surface area (Å²) in [7, 11) is -0.691. The molecular weight excluding hydrogens is 252 g/mol. The van der Waals surface area contributed by atoms with Gasteiger partial charge >= 0.3 is 5.97 Å². The molecular formula is C16H27O2Si. The first-order valence-electron chi connectivity index (χ1n) is 7.40. The van der Waals surface area contributed by atoms with Crippen LogP contribution >= 0.6 is 0 Å². The molecule has 0 aromatic carbocycles. The minimum absolute atomic E-state index is 0.115. The lowest BCUT2D eigenvalue weighted by Crippen LogP contribution is -2.69. The highest BCUT2D eigenvalue weighted by molar-refractivity contribution is 6.57. The molecule has 0 heterocycles. The van der Waals surface area contributed by atoms with E-state index in [0.717, 1.165) is 5.92 Å². The summed E-state index contributed by atoms with van der Waals surface area (Å²) in [6.07, 6.45) is 5.18. The molecule has 0 aromatic rings. The lowest BCUT2D eigenvalue weighted by atomic mass is 9.37. The first-order chi connectivity index (χ1) is 8.77. The van der Waals surface area contributed by atoms with Crippen LogP contribution in [-0.4, -0.2) is 20.5 Å². The van der Waals surface area contributed by atoms with Crippen LogP contribution < -0.4 is 0 Å². The van der Waals surface area contributed by atoms with Crippen LogP contribution in [0, 0.1) is 22.7 Å². The standard InChI is InChI=1S/C16H27O2Si/c1-7-13(17)18-14(19(5)6)16-10-12(15(16,3)4)9-8-11(16)2/h7,11-12,14H,1,8-10H2,2-6H3. The van der Waals surface area contributed by atoms with Crippen molar-refractivity contribution in [3.05, 3.63) is 12.7 Å². The minimum atomic E-state index is -0.691. The Kier molecular flexibility index (Phi) is 3.72. The van der Waals surface area contributed by atoms with Gasteiger partial charge in [-0.3, -0.25) is 0 Å². The molecule has 2 bridgehead atoms. The third-order valence-corrected chi connectivity index (χ3v) is 7.71. The molecule has 0 amide bonds. The second-order valence-electron chi connectivity index (χ2n) is 7.24. The summed E-state index contributed by atoms with van der Waals surface area (Å²) < 4.78 is 5.84. The Morgan fingerprint density at radius 3 is 2.47 bits per heavy atom. The van der Waals surface area contributed by atoms with Crippen LogP contribution in [-0.2, 0) is 9.53 Å². The van der Waals surface area contributed by atoms with Crippen LogP contribution in [0.2, 0.25) is 13.1 Å². The fourth-order valence-corrected chi connectivity index (χ4v) is 6.94. The predicted octanol–water partition coefficient (Wildman–Crippen LogP) is 3.84. The first-order valence-corrected chi connectivity index (χ1v) is 9.98. The highest BCUT2D eigenvalue weighted by atomic mass is 28.3. The normalized spacial score (nSPS) is 37.4. The number of carbonyl (C=O) groups excluding carboxylic acids is 1. The van der Waals surface area contributed by atoms with E-state index in [1.807, 2.05) is 0 Å². The lowest BCUT2D eigenvalue weighted by molar-refractivity contribution is -0.234. The van der Waals surface area contributed by atoms with Crippen molar-refractivity contribution < 1.29 is 9.53 Å². The lowest BCUT2D eigenvalue weighted by Gasteiger charge is -2.71. The van der Waals surface area contributed by atoms with Gasteiger partial charge in [0.25, 0.3) is 0 Å². The third-order valence-electron chi connectivity index (χ3n) is 6.02. The van der Waals surface area contributed by atoms with Crippen molar-refractivity contribution in [2.24, 2.45) is 22.7 Å². The van der Waals surface area contributed by atoms with Crippen molar-refractivity contribution in [2.45, 2.75) is 58.9 Å². The number of fused-ring (bicyclic) bond motifs is 2. The summed E-state index contributed by atoms with van der Waals surface area (Å²) in [4.78, 5) is 11.7. The fraction of sp³-hybridized carbons (Fsp3) is 0.812. The van der Waals surface area contributed by atoms with Crippen molar-refractivity contribution in [3.8, 4) is 0 Å². The number of esters is 1. The van der Waals surface area contributed by atoms with Crippen molar-refractivity contribution in [1.29, 1.82) is 0 Å². The van der Waals surface area contributed by atoms with Gasteiger partial charge in [0, 0.05) is 11.5 Å². The van der Waals surface area contributed by atoms with E-state index < -0.39 is 8.80 Å². The van der Waals surface area contributed by atoms with E-state index in [0.29, 0.717) is 11.3 Å². The summed E-state index contributed by atoms with van der Waals surface area (Å²) >= 11 is 0. The molecule has 0 spiro atoms. The van der Waals surface area contributed by atoms with Gasteiger partial charge in [0.15, 0.2) is 0 Å². The molecule has 3 aliphatic rings. The summed E-state index contributed by atoms with van der Waals surface area (Å²) in [5, 5.41) is 0. The van der Waals surface area contributed by atoms with E-state index in [2.05, 4.69) is 40.4 Å². The number of hydrogen-bond acceptors (Lipinski definition) is 2. The topological polar surface area (TPSA) is 26.3 Å². The van der Waals surface area contributed by atoms with Crippen molar-refractivity contribution in [1.82, 2.24) is 0 Å². The van der Waals surface area contributed by atoms with E-state index in [4.69, 9.17) is 4.74 Å². The maximum atomic E-state index is 11.7. The van der Waals surface area contributed by atoms with E-state index in [1.54, 1.807) is 0 Å². The summed E-state index contributed by atoms with van der Waals surface area (Å²) in [5.41, 5.74) is 0.620. The van der Waals surface area contributed by atoms with Gasteiger partial charge in [0.1, 0.15) is 0 Å². The fourth-order valence-electron chi connectivity index (χ4n) is 4.79. The molecule has 0 N–H and O–H groups in total. The highest BCUT2D eigenvalue weighted by Crippen LogP contribution is 2.71. The summed E-state index contributed by atoms with van der Waals surface area (Å²) in [5.74, 6) is 1.22. The molecule has 3 heteroatoms. The van der Waals surface area contributed by atoms with Gasteiger partial charge in [0.2, 0.25) is 0 Å². The Bertz CT molecular complexity index is 388. The van der Waals surface area contributed by atoms with Crippen molar-refractivity contribution in [2.75, 3.05) is 0 Å². The molecule has 2 nitrogen and oxygen atoms in total. The average molecular weight is 279 g/mol. The zero-order valence-corrected chi connectivity index (χ0v) is 14.0. The Balaban J connectivity index is 2.33. The Labute approximate surface area is 119 Å². The molecule has 0 aromatic heterocycles. The van der Waals surface area contributed by atoms with Crippen LogP contribution in [0.15, 0.2) is 12.7 Å². The molecule has 4 atom stereocenters. The quantitative estimate of drug-likeness (QED) is 0.444. The van der Waals surface area contributed by atoms with Crippen LogP contribution in [0.1, 0.15) is 40.0 Å². The zero-order valence-electron chi connectivity index (χ0n) is 13.0. The van der Waals surface area contributed by atoms with Crippen LogP contribution in [0.4, 0.5) is 0 Å². The van der Waals surface area contributed by atoms with Gasteiger partial charge in [-0.25, -0.2) is 4.79 Å². The molecule has 0 saturated heterocycles. The molecule has 3 saturated carbocycles. The van der Waals surface area contributed by atoms with Gasteiger partial charge < -0.3 is 4.74 Å². The minimum Gasteiger partial charge on any atom is -0.463 e. The van der Waals surface area contributed by atoms with Crippen LogP contribution in [0.3, 0.4) is 0 Å². The third kappa shape index (κ3) is 1.92. The summed E-state index contributed by atoms with van der Waals surface area (Å²) in [6, 6.07) is 0. The predicted molar refractivity (Wildman–Crippen MR) is 80.3 cm³/mol. The second kappa shape index (κ2) is 4.76. The Morgan fingerprint density at radius 1 is 1.42 bits per heavy atom. The maximum Gasteiger partial charge on any atom is 0.330 e. The molecule has 3 aliphatic carbocycles. The Morgan fingerprint density at radius 2 is 2.05 bits per heavy atom. The number of rotatable bonds is 4. The van der Waals surface area contributed by atoms with E-state index in [-0.39, 0.29) is 17.1 Å². The van der Waals surface area contributed by atoms with Gasteiger partial charge in [-0.2, -0.15) is 0 Å². The van der Waals surface area contributed by atoms with E-state index in [9.17, 15) is 4.79 Å². The second-order valence-corrected chi connectivity index (χ2v) is 9.92. The molecule has 3 fully saturated rings. The zero-order chi connectivity index (χ0) is 14.4. The van der Waals surface area contributed by atoms with Crippen LogP contribution in [0.25, 0.3) is 0 Å². The maximum absolute atomic E-state index is 11.7. The largest absolute Gasteiger partial charge is 0.463 e. The SMILES string of the molecule is C=CC(=O)OC([Si](C)C)C12CC(CCC1C)C2(C)C. The number of hydrogen-bond donors (Lipinski definition) is 0. The molecule has 0 aliphatic heterocycles. The van der Waals surface area contributed by atoms with Gasteiger partial charge in [-0.15, -0.1) is 0 Å². The molecule has 1 radical (unpaired) electrons. The number of ether oxygens (including phenoxy) is 1.